The van der Waals surface area contributed by atoms with Gasteiger partial charge in [-0.25, -0.2) is 0 Å². The predicted octanol–water partition coefficient (Wildman–Crippen LogP) is 4.08. The molecule has 28 heavy (non-hydrogen) atoms. The Morgan fingerprint density at radius 2 is 1.93 bits per heavy atom. The highest BCUT2D eigenvalue weighted by Gasteiger charge is 2.33. The van der Waals surface area contributed by atoms with Crippen LogP contribution in [0.5, 0.6) is 0 Å². The Morgan fingerprint density at radius 1 is 1.21 bits per heavy atom. The van der Waals surface area contributed by atoms with E-state index in [9.17, 15) is 14.9 Å². The monoisotopic (exact) mass is 392 g/mol. The minimum atomic E-state index is -0.777. The van der Waals surface area contributed by atoms with E-state index in [4.69, 9.17) is 11.6 Å². The third-order valence-corrected chi connectivity index (χ3v) is 4.81. The number of carbonyl (C=O) groups is 2. The van der Waals surface area contributed by atoms with Crippen LogP contribution in [-0.2, 0) is 9.59 Å². The first kappa shape index (κ1) is 19.3. The maximum atomic E-state index is 12.8. The number of nitriles is 1. The van der Waals surface area contributed by atoms with Gasteiger partial charge >= 0.3 is 0 Å². The standard InChI is InChI=1S/C21H17ClN4O2/c1-13-18(22)9-6-10-19(13)24-20(27)15(12-23)11-17-14(2)25-26(21(17)28)16-7-4-3-5-8-16/h3-11,17H,1-2H3,(H,24,27)/b15-11+/t17-/m1/s1. The van der Waals surface area contributed by atoms with Crippen LogP contribution in [-0.4, -0.2) is 17.5 Å². The average Bonchev–Trinajstić information content (AvgIpc) is 2.98. The highest BCUT2D eigenvalue weighted by Crippen LogP contribution is 2.26. The topological polar surface area (TPSA) is 85.6 Å². The highest BCUT2D eigenvalue weighted by molar-refractivity contribution is 6.31. The van der Waals surface area contributed by atoms with E-state index in [0.717, 1.165) is 0 Å². The fourth-order valence-corrected chi connectivity index (χ4v) is 2.96. The molecule has 0 spiro atoms. The summed E-state index contributed by atoms with van der Waals surface area (Å²) in [4.78, 5) is 25.3. The predicted molar refractivity (Wildman–Crippen MR) is 109 cm³/mol. The molecule has 2 aromatic rings. The van der Waals surface area contributed by atoms with Crippen molar-refractivity contribution in [2.45, 2.75) is 13.8 Å². The first-order valence-corrected chi connectivity index (χ1v) is 8.92. The number of para-hydroxylation sites is 1. The van der Waals surface area contributed by atoms with Gasteiger partial charge in [-0.3, -0.25) is 9.59 Å². The smallest absolute Gasteiger partial charge is 0.266 e. The largest absolute Gasteiger partial charge is 0.321 e. The summed E-state index contributed by atoms with van der Waals surface area (Å²) in [7, 11) is 0. The van der Waals surface area contributed by atoms with Gasteiger partial charge in [-0.15, -0.1) is 0 Å². The lowest BCUT2D eigenvalue weighted by Gasteiger charge is -2.13. The molecule has 0 saturated carbocycles. The zero-order valence-electron chi connectivity index (χ0n) is 15.3. The number of amides is 2. The normalized spacial score (nSPS) is 16.6. The highest BCUT2D eigenvalue weighted by atomic mass is 35.5. The molecule has 0 bridgehead atoms. The second-order valence-corrected chi connectivity index (χ2v) is 6.67. The van der Waals surface area contributed by atoms with Crippen LogP contribution in [0.1, 0.15) is 12.5 Å². The maximum Gasteiger partial charge on any atom is 0.266 e. The quantitative estimate of drug-likeness (QED) is 0.628. The number of benzene rings is 2. The van der Waals surface area contributed by atoms with Gasteiger partial charge in [-0.1, -0.05) is 35.9 Å². The average molecular weight is 393 g/mol. The summed E-state index contributed by atoms with van der Waals surface area (Å²) in [6.45, 7) is 3.46. The summed E-state index contributed by atoms with van der Waals surface area (Å²) in [6.07, 6.45) is 1.35. The van der Waals surface area contributed by atoms with E-state index in [-0.39, 0.29) is 11.5 Å². The van der Waals surface area contributed by atoms with Gasteiger partial charge in [0.25, 0.3) is 11.8 Å². The molecule has 0 radical (unpaired) electrons. The Labute approximate surface area is 167 Å². The molecule has 0 unspecified atom stereocenters. The van der Waals surface area contributed by atoms with E-state index in [0.29, 0.717) is 27.7 Å². The molecule has 0 saturated heterocycles. The molecule has 3 rings (SSSR count). The summed E-state index contributed by atoms with van der Waals surface area (Å²) in [5.74, 6) is -1.70. The van der Waals surface area contributed by atoms with Crippen molar-refractivity contribution in [1.82, 2.24) is 0 Å². The van der Waals surface area contributed by atoms with Crippen LogP contribution in [0.2, 0.25) is 5.02 Å². The molecule has 1 heterocycles. The number of anilines is 2. The van der Waals surface area contributed by atoms with Crippen LogP contribution in [0.25, 0.3) is 0 Å². The van der Waals surface area contributed by atoms with E-state index in [1.54, 1.807) is 56.3 Å². The van der Waals surface area contributed by atoms with E-state index in [1.165, 1.54) is 11.1 Å². The van der Waals surface area contributed by atoms with Gasteiger partial charge in [0.15, 0.2) is 0 Å². The molecule has 0 aliphatic carbocycles. The molecule has 0 aromatic heterocycles. The molecule has 1 N–H and O–H groups in total. The zero-order valence-corrected chi connectivity index (χ0v) is 16.1. The van der Waals surface area contributed by atoms with Crippen LogP contribution < -0.4 is 10.3 Å². The maximum absolute atomic E-state index is 12.8. The van der Waals surface area contributed by atoms with Crippen molar-refractivity contribution >= 4 is 40.5 Å². The summed E-state index contributed by atoms with van der Waals surface area (Å²) < 4.78 is 0. The molecule has 6 nitrogen and oxygen atoms in total. The van der Waals surface area contributed by atoms with Crippen molar-refractivity contribution in [3.8, 4) is 6.07 Å². The minimum Gasteiger partial charge on any atom is -0.321 e. The van der Waals surface area contributed by atoms with Crippen LogP contribution in [0.4, 0.5) is 11.4 Å². The fourth-order valence-electron chi connectivity index (χ4n) is 2.79. The second-order valence-electron chi connectivity index (χ2n) is 6.26. The summed E-state index contributed by atoms with van der Waals surface area (Å²) in [5.41, 5.74) is 2.17. The van der Waals surface area contributed by atoms with Crippen molar-refractivity contribution < 1.29 is 9.59 Å². The number of carbonyl (C=O) groups excluding carboxylic acids is 2. The van der Waals surface area contributed by atoms with Crippen molar-refractivity contribution in [3.63, 3.8) is 0 Å². The number of hydrogen-bond acceptors (Lipinski definition) is 4. The van der Waals surface area contributed by atoms with E-state index in [1.807, 2.05) is 12.1 Å². The third-order valence-electron chi connectivity index (χ3n) is 4.40. The van der Waals surface area contributed by atoms with E-state index in [2.05, 4.69) is 10.4 Å². The summed E-state index contributed by atoms with van der Waals surface area (Å²) in [5, 5.41) is 18.2. The molecule has 7 heteroatoms. The van der Waals surface area contributed by atoms with E-state index < -0.39 is 11.8 Å². The van der Waals surface area contributed by atoms with Crippen LogP contribution in [0.3, 0.4) is 0 Å². The first-order chi connectivity index (χ1) is 13.4. The minimum absolute atomic E-state index is 0.165. The molecule has 0 fully saturated rings. The number of halogens is 1. The Morgan fingerprint density at radius 3 is 2.61 bits per heavy atom. The van der Waals surface area contributed by atoms with Gasteiger partial charge in [0.05, 0.1) is 17.3 Å². The fraction of sp³-hybridized carbons (Fsp3) is 0.143. The van der Waals surface area contributed by atoms with Gasteiger partial charge in [-0.2, -0.15) is 15.4 Å². The second kappa shape index (κ2) is 8.07. The molecule has 140 valence electrons. The first-order valence-electron chi connectivity index (χ1n) is 8.55. The molecule has 2 aromatic carbocycles. The SMILES string of the molecule is CC1=NN(c2ccccc2)C(=O)[C@@H]1/C=C(\C#N)C(=O)Nc1cccc(Cl)c1C. The number of nitrogens with one attached hydrogen (secondary N) is 1. The van der Waals surface area contributed by atoms with Crippen molar-refractivity contribution in [1.29, 1.82) is 5.26 Å². The Hall–Kier alpha value is -3.43. The molecule has 1 atom stereocenters. The van der Waals surface area contributed by atoms with Gasteiger partial charge in [0, 0.05) is 10.7 Å². The Kier molecular flexibility index (Phi) is 5.57. The Balaban J connectivity index is 1.83. The summed E-state index contributed by atoms with van der Waals surface area (Å²) in [6, 6.07) is 16.0. The molecular weight excluding hydrogens is 376 g/mol. The zero-order chi connectivity index (χ0) is 20.3. The lowest BCUT2D eigenvalue weighted by Crippen LogP contribution is -2.27. The van der Waals surface area contributed by atoms with E-state index >= 15 is 0 Å². The van der Waals surface area contributed by atoms with Gasteiger partial charge in [0.2, 0.25) is 0 Å². The Bertz CT molecular complexity index is 1040. The number of rotatable bonds is 4. The van der Waals surface area contributed by atoms with Gasteiger partial charge < -0.3 is 5.32 Å². The molecule has 2 amide bonds. The van der Waals surface area contributed by atoms with Crippen LogP contribution >= 0.6 is 11.6 Å². The van der Waals surface area contributed by atoms with Crippen LogP contribution in [0, 0.1) is 24.2 Å². The van der Waals surface area contributed by atoms with Crippen molar-refractivity contribution in [2.24, 2.45) is 11.0 Å². The van der Waals surface area contributed by atoms with Gasteiger partial charge in [0.1, 0.15) is 11.6 Å². The van der Waals surface area contributed by atoms with Crippen molar-refractivity contribution in [3.05, 3.63) is 70.8 Å². The van der Waals surface area contributed by atoms with Gasteiger partial charge in [-0.05, 0) is 49.8 Å². The summed E-state index contributed by atoms with van der Waals surface area (Å²) >= 11 is 6.06. The van der Waals surface area contributed by atoms with Crippen LogP contribution in [0.15, 0.2) is 65.3 Å². The number of hydrogen-bond donors (Lipinski definition) is 1. The number of hydrazone groups is 1. The lowest BCUT2D eigenvalue weighted by atomic mass is 10.0. The number of nitrogens with zero attached hydrogens (tertiary/aromatic N) is 3. The molecule has 1 aliphatic heterocycles. The molecule has 1 aliphatic rings. The lowest BCUT2D eigenvalue weighted by molar-refractivity contribution is -0.118. The van der Waals surface area contributed by atoms with Crippen molar-refractivity contribution in [2.75, 3.05) is 10.3 Å². The molecular formula is C21H17ClN4O2. The third kappa shape index (κ3) is 3.80.